The number of phenols is 1. The molecule has 0 unspecified atom stereocenters. The highest BCUT2D eigenvalue weighted by Gasteiger charge is 1.74. The molecule has 0 spiro atoms. The Balaban J connectivity index is 0.000000236. The van der Waals surface area contributed by atoms with Gasteiger partial charge < -0.3 is 5.11 Å². The van der Waals surface area contributed by atoms with Crippen LogP contribution in [0.15, 0.2) is 30.3 Å². The van der Waals surface area contributed by atoms with Gasteiger partial charge in [-0.2, -0.15) is 0 Å². The van der Waals surface area contributed by atoms with Crippen molar-refractivity contribution < 1.29 is 5.11 Å². The van der Waals surface area contributed by atoms with Gasteiger partial charge in [-0.15, -0.1) is 11.6 Å². The molecule has 0 bridgehead atoms. The van der Waals surface area contributed by atoms with Gasteiger partial charge in [-0.05, 0) is 12.1 Å². The van der Waals surface area contributed by atoms with Gasteiger partial charge in [0.05, 0.1) is 0 Å². The second-order valence-electron chi connectivity index (χ2n) is 1.91. The number of benzene rings is 1. The van der Waals surface area contributed by atoms with E-state index >= 15 is 0 Å². The predicted octanol–water partition coefficient (Wildman–Crippen LogP) is 2.18. The lowest BCUT2D eigenvalue weighted by molar-refractivity contribution is 0.475. The van der Waals surface area contributed by atoms with Crippen molar-refractivity contribution in [2.45, 2.75) is 11.6 Å². The number of rotatable bonds is 0. The van der Waals surface area contributed by atoms with E-state index in [1.807, 2.05) is 6.07 Å². The Morgan fingerprint density at radius 1 is 1.10 bits per heavy atom. The molecule has 1 N–H and O–H groups in total. The number of phenolic OH excluding ortho intramolecular Hbond substituents is 1. The lowest BCUT2D eigenvalue weighted by Crippen LogP contribution is -1.56. The zero-order valence-electron chi connectivity index (χ0n) is 6.41. The van der Waals surface area contributed by atoms with Crippen LogP contribution in [0.3, 0.4) is 0 Å². The quantitative estimate of drug-likeness (QED) is 0.563. The molecule has 1 nitrogen and oxygen atoms in total. The Morgan fingerprint density at radius 2 is 1.50 bits per heavy atom. The third kappa shape index (κ3) is 5.68. The largest absolute Gasteiger partial charge is 0.508 e. The summed E-state index contributed by atoms with van der Waals surface area (Å²) >= 11 is 0.750. The van der Waals surface area contributed by atoms with Crippen LogP contribution in [0.1, 0.15) is 0 Å². The molecule has 53 valence electrons. The average Bonchev–Trinajstić information content (AvgIpc) is 1.91. The topological polar surface area (TPSA) is 20.2 Å². The van der Waals surface area contributed by atoms with E-state index in [1.165, 1.54) is 0 Å². The van der Waals surface area contributed by atoms with E-state index in [-0.39, 0.29) is 0 Å². The first-order valence-electron chi connectivity index (χ1n) is 3.29. The van der Waals surface area contributed by atoms with E-state index in [0.29, 0.717) is 5.75 Å². The third-order valence-electron chi connectivity index (χ3n) is 0.756. The standard InChI is InChI=1S/C6H6O.2CH3.Al/c7-6-4-2-1-3-5-6;;;/h1-5,7H;2*1H3;. The van der Waals surface area contributed by atoms with Crippen molar-refractivity contribution in [3.05, 3.63) is 30.3 Å². The number of aromatic hydroxyl groups is 1. The predicted molar refractivity (Wildman–Crippen MR) is 45.6 cm³/mol. The lowest BCUT2D eigenvalue weighted by Gasteiger charge is -1.82. The van der Waals surface area contributed by atoms with E-state index in [1.54, 1.807) is 24.3 Å². The summed E-state index contributed by atoms with van der Waals surface area (Å²) in [5.41, 5.74) is 0. The highest BCUT2D eigenvalue weighted by molar-refractivity contribution is 6.31. The van der Waals surface area contributed by atoms with Crippen LogP contribution in [0.5, 0.6) is 5.75 Å². The summed E-state index contributed by atoms with van der Waals surface area (Å²) in [6.45, 7) is 0. The fourth-order valence-electron chi connectivity index (χ4n) is 0.428. The van der Waals surface area contributed by atoms with E-state index in [9.17, 15) is 0 Å². The Labute approximate surface area is 68.4 Å². The molecular weight excluding hydrogens is 139 g/mol. The Bertz CT molecular complexity index is 151. The minimum atomic E-state index is 0.322. The normalized spacial score (nSPS) is 7.40. The molecule has 0 fully saturated rings. The van der Waals surface area contributed by atoms with Crippen LogP contribution in [-0.4, -0.2) is 20.3 Å². The first kappa shape index (κ1) is 9.55. The van der Waals surface area contributed by atoms with Gasteiger partial charge in [0.15, 0.2) is 15.2 Å². The Kier molecular flexibility index (Phi) is 6.37. The van der Waals surface area contributed by atoms with Crippen LogP contribution in [0.25, 0.3) is 0 Å². The summed E-state index contributed by atoms with van der Waals surface area (Å²) in [5, 5.41) is 8.63. The maximum atomic E-state index is 8.63. The summed E-state index contributed by atoms with van der Waals surface area (Å²) in [5.74, 6) is 4.74. The van der Waals surface area contributed by atoms with Crippen LogP contribution >= 0.6 is 0 Å². The van der Waals surface area contributed by atoms with Crippen molar-refractivity contribution in [2.24, 2.45) is 0 Å². The molecule has 1 aromatic carbocycles. The Hall–Kier alpha value is -0.448. The summed E-state index contributed by atoms with van der Waals surface area (Å²) in [6.07, 6.45) is 0. The zero-order valence-corrected chi connectivity index (χ0v) is 7.57. The minimum absolute atomic E-state index is 0.322. The molecular formula is C8H12AlO. The summed E-state index contributed by atoms with van der Waals surface area (Å²) in [6, 6.07) is 8.71. The minimum Gasteiger partial charge on any atom is -0.508 e. The maximum absolute atomic E-state index is 8.63. The van der Waals surface area contributed by atoms with Crippen LogP contribution < -0.4 is 0 Å². The molecule has 0 saturated heterocycles. The molecule has 0 aliphatic heterocycles. The van der Waals surface area contributed by atoms with Gasteiger partial charge in [-0.25, -0.2) is 0 Å². The van der Waals surface area contributed by atoms with Gasteiger partial charge >= 0.3 is 0 Å². The van der Waals surface area contributed by atoms with Gasteiger partial charge in [0.25, 0.3) is 0 Å². The van der Waals surface area contributed by atoms with Crippen molar-refractivity contribution in [3.8, 4) is 5.75 Å². The SMILES string of the molecule is Oc1ccccc1.[CH3][Al][CH3]. The van der Waals surface area contributed by atoms with Crippen molar-refractivity contribution in [2.75, 3.05) is 0 Å². The first-order valence-corrected chi connectivity index (χ1v) is 5.60. The van der Waals surface area contributed by atoms with Gasteiger partial charge in [0.1, 0.15) is 5.75 Å². The molecule has 1 rings (SSSR count). The number of para-hydroxylation sites is 1. The molecule has 0 saturated carbocycles. The summed E-state index contributed by atoms with van der Waals surface area (Å²) < 4.78 is 0. The Morgan fingerprint density at radius 3 is 1.70 bits per heavy atom. The first-order chi connectivity index (χ1) is 4.81. The third-order valence-corrected chi connectivity index (χ3v) is 0.756. The number of hydrogen-bond acceptors (Lipinski definition) is 1. The van der Waals surface area contributed by atoms with Crippen LogP contribution in [0.2, 0.25) is 11.6 Å². The molecule has 0 atom stereocenters. The summed E-state index contributed by atoms with van der Waals surface area (Å²) in [7, 11) is 0. The molecule has 0 aliphatic rings. The molecule has 1 aromatic rings. The second-order valence-corrected chi connectivity index (χ2v) is 3.07. The van der Waals surface area contributed by atoms with Crippen molar-refractivity contribution >= 4 is 15.2 Å². The van der Waals surface area contributed by atoms with Crippen LogP contribution in [0, 0.1) is 0 Å². The lowest BCUT2D eigenvalue weighted by atomic mass is 10.3. The van der Waals surface area contributed by atoms with Gasteiger partial charge in [-0.3, -0.25) is 0 Å². The molecule has 10 heavy (non-hydrogen) atoms. The fourth-order valence-corrected chi connectivity index (χ4v) is 0.428. The van der Waals surface area contributed by atoms with Crippen LogP contribution in [-0.2, 0) is 0 Å². The van der Waals surface area contributed by atoms with E-state index in [2.05, 4.69) is 11.6 Å². The maximum Gasteiger partial charge on any atom is 0.191 e. The molecule has 2 heteroatoms. The smallest absolute Gasteiger partial charge is 0.191 e. The van der Waals surface area contributed by atoms with Gasteiger partial charge in [-0.1, -0.05) is 18.2 Å². The van der Waals surface area contributed by atoms with E-state index in [4.69, 9.17) is 5.11 Å². The van der Waals surface area contributed by atoms with E-state index < -0.39 is 0 Å². The van der Waals surface area contributed by atoms with Crippen molar-refractivity contribution in [1.29, 1.82) is 0 Å². The molecule has 1 radical (unpaired) electrons. The highest BCUT2D eigenvalue weighted by Crippen LogP contribution is 2.02. The van der Waals surface area contributed by atoms with Gasteiger partial charge in [0, 0.05) is 0 Å². The molecule has 0 aliphatic carbocycles. The van der Waals surface area contributed by atoms with Crippen LogP contribution in [0.4, 0.5) is 0 Å². The zero-order chi connectivity index (χ0) is 7.82. The monoisotopic (exact) mass is 151 g/mol. The fraction of sp³-hybridized carbons (Fsp3) is 0.250. The van der Waals surface area contributed by atoms with Crippen molar-refractivity contribution in [1.82, 2.24) is 0 Å². The molecule has 0 amide bonds. The molecule has 0 aromatic heterocycles. The van der Waals surface area contributed by atoms with Gasteiger partial charge in [0.2, 0.25) is 0 Å². The highest BCUT2D eigenvalue weighted by atomic mass is 27.1. The van der Waals surface area contributed by atoms with Crippen molar-refractivity contribution in [3.63, 3.8) is 0 Å². The second kappa shape index (κ2) is 6.67. The molecule has 0 heterocycles. The average molecular weight is 151 g/mol. The van der Waals surface area contributed by atoms with E-state index in [0.717, 1.165) is 15.2 Å². The number of hydrogen-bond donors (Lipinski definition) is 1. The summed E-state index contributed by atoms with van der Waals surface area (Å²) in [4.78, 5) is 0.